The molecule has 0 bridgehead atoms. The van der Waals surface area contributed by atoms with Crippen LogP contribution >= 0.6 is 0 Å². The molecule has 0 saturated heterocycles. The molecule has 0 aromatic heterocycles. The fourth-order valence-electron chi connectivity index (χ4n) is 7.20. The molecule has 4 unspecified atom stereocenters. The molecular formula is C46H94N4O4. The van der Waals surface area contributed by atoms with Gasteiger partial charge in [-0.2, -0.15) is 0 Å². The van der Waals surface area contributed by atoms with Gasteiger partial charge in [0, 0.05) is 39.3 Å². The lowest BCUT2D eigenvalue weighted by molar-refractivity contribution is -0.0299. The van der Waals surface area contributed by atoms with Crippen molar-refractivity contribution in [3.8, 4) is 0 Å². The topological polar surface area (TPSA) is 139 Å². The molecule has 0 fully saturated rings. The van der Waals surface area contributed by atoms with E-state index in [0.29, 0.717) is 13.1 Å². The van der Waals surface area contributed by atoms with Crippen molar-refractivity contribution in [2.45, 2.75) is 218 Å². The highest BCUT2D eigenvalue weighted by molar-refractivity contribution is 4.82. The summed E-state index contributed by atoms with van der Waals surface area (Å²) in [6, 6.07) is 0. The summed E-state index contributed by atoms with van der Waals surface area (Å²) in [7, 11) is 0. The fraction of sp³-hybridized carbons (Fsp3) is 0.913. The number of nitrogens with zero attached hydrogens (tertiary/aromatic N) is 2. The van der Waals surface area contributed by atoms with Gasteiger partial charge in [0.2, 0.25) is 0 Å². The molecular weight excluding hydrogens is 673 g/mol. The average Bonchev–Trinajstić information content (AvgIpc) is 3.17. The molecule has 4 atom stereocenters. The van der Waals surface area contributed by atoms with Crippen LogP contribution in [0, 0.1) is 0 Å². The van der Waals surface area contributed by atoms with Crippen LogP contribution in [0.25, 0.3) is 0 Å². The molecule has 0 saturated carbocycles. The zero-order chi connectivity index (χ0) is 39.7. The van der Waals surface area contributed by atoms with Crippen molar-refractivity contribution in [1.29, 1.82) is 0 Å². The van der Waals surface area contributed by atoms with Gasteiger partial charge in [0.25, 0.3) is 0 Å². The molecule has 8 N–H and O–H groups in total. The van der Waals surface area contributed by atoms with Crippen LogP contribution in [0.3, 0.4) is 0 Å². The van der Waals surface area contributed by atoms with E-state index >= 15 is 0 Å². The number of allylic oxidation sites excluding steroid dienone is 4. The zero-order valence-electron chi connectivity index (χ0n) is 35.9. The van der Waals surface area contributed by atoms with Crippen molar-refractivity contribution in [1.82, 2.24) is 9.80 Å². The summed E-state index contributed by atoms with van der Waals surface area (Å²) in [6.07, 6.45) is 41.4. The first kappa shape index (κ1) is 53.2. The SMILES string of the molecule is CCCCCCCC/C=C\CCCCCCCCN(CC(O)CN)CC(O)C(O)CN(CCCCCCCC/C=C\CCCCCCCC)CC(O)CN. The van der Waals surface area contributed by atoms with E-state index in [-0.39, 0.29) is 26.2 Å². The maximum Gasteiger partial charge on any atom is 0.0938 e. The van der Waals surface area contributed by atoms with Crippen LogP contribution in [0.1, 0.15) is 194 Å². The van der Waals surface area contributed by atoms with Crippen LogP contribution < -0.4 is 11.5 Å². The number of aliphatic hydroxyl groups is 4. The fourth-order valence-corrected chi connectivity index (χ4v) is 7.20. The summed E-state index contributed by atoms with van der Waals surface area (Å²) in [5.41, 5.74) is 11.4. The molecule has 0 heterocycles. The van der Waals surface area contributed by atoms with Crippen molar-refractivity contribution in [3.63, 3.8) is 0 Å². The standard InChI is InChI=1S/C46H94N4O4/c1-3-5-7-9-11-13-15-17-19-21-23-25-27-29-31-33-35-49(39-43(51)37-47)41-45(53)46(54)42-50(40-44(52)38-48)36-34-32-30-28-26-24-22-20-18-16-14-12-10-8-6-4-2/h17-20,43-46,51-54H,3-16,21-42,47-48H2,1-2H3/b19-17-,20-18-. The Morgan fingerprint density at radius 2 is 0.630 bits per heavy atom. The van der Waals surface area contributed by atoms with Crippen molar-refractivity contribution in [3.05, 3.63) is 24.3 Å². The Morgan fingerprint density at radius 3 is 0.907 bits per heavy atom. The summed E-state index contributed by atoms with van der Waals surface area (Å²) < 4.78 is 0. The third-order valence-corrected chi connectivity index (χ3v) is 10.8. The van der Waals surface area contributed by atoms with Crippen LogP contribution in [-0.4, -0.2) is 107 Å². The number of unbranched alkanes of at least 4 members (excludes halogenated alkanes) is 24. The normalized spacial score (nSPS) is 14.6. The van der Waals surface area contributed by atoms with E-state index in [1.54, 1.807) is 0 Å². The van der Waals surface area contributed by atoms with Gasteiger partial charge < -0.3 is 31.9 Å². The van der Waals surface area contributed by atoms with Gasteiger partial charge >= 0.3 is 0 Å². The van der Waals surface area contributed by atoms with Gasteiger partial charge in [-0.1, -0.05) is 154 Å². The van der Waals surface area contributed by atoms with Gasteiger partial charge in [-0.05, 0) is 77.3 Å². The molecule has 0 aromatic rings. The monoisotopic (exact) mass is 767 g/mol. The maximum absolute atomic E-state index is 11.0. The van der Waals surface area contributed by atoms with Crippen molar-refractivity contribution in [2.24, 2.45) is 11.5 Å². The summed E-state index contributed by atoms with van der Waals surface area (Å²) in [6.45, 7) is 7.72. The third kappa shape index (κ3) is 36.8. The first-order chi connectivity index (χ1) is 26.4. The zero-order valence-corrected chi connectivity index (χ0v) is 35.9. The molecule has 0 spiro atoms. The van der Waals surface area contributed by atoms with Gasteiger partial charge in [-0.3, -0.25) is 9.80 Å². The Morgan fingerprint density at radius 1 is 0.370 bits per heavy atom. The lowest BCUT2D eigenvalue weighted by Gasteiger charge is -2.32. The largest absolute Gasteiger partial charge is 0.390 e. The second kappa shape index (κ2) is 41.8. The third-order valence-electron chi connectivity index (χ3n) is 10.8. The summed E-state index contributed by atoms with van der Waals surface area (Å²) >= 11 is 0. The van der Waals surface area contributed by atoms with Crippen molar-refractivity contribution in [2.75, 3.05) is 52.4 Å². The first-order valence-corrected chi connectivity index (χ1v) is 23.2. The molecule has 0 aromatic carbocycles. The van der Waals surface area contributed by atoms with E-state index in [1.165, 1.54) is 154 Å². The predicted molar refractivity (Wildman–Crippen MR) is 234 cm³/mol. The van der Waals surface area contributed by atoms with Crippen molar-refractivity contribution >= 4 is 0 Å². The van der Waals surface area contributed by atoms with E-state index in [0.717, 1.165) is 38.8 Å². The lowest BCUT2D eigenvalue weighted by Crippen LogP contribution is -2.49. The van der Waals surface area contributed by atoms with Crippen LogP contribution in [0.4, 0.5) is 0 Å². The minimum atomic E-state index is -0.957. The number of rotatable bonds is 43. The van der Waals surface area contributed by atoms with Crippen LogP contribution in [0.15, 0.2) is 24.3 Å². The molecule has 0 radical (unpaired) electrons. The smallest absolute Gasteiger partial charge is 0.0938 e. The Hall–Kier alpha value is -0.840. The van der Waals surface area contributed by atoms with Gasteiger partial charge in [0.1, 0.15) is 0 Å². The Bertz CT molecular complexity index is 737. The molecule has 322 valence electrons. The van der Waals surface area contributed by atoms with E-state index < -0.39 is 24.4 Å². The Labute approximate surface area is 335 Å². The highest BCUT2D eigenvalue weighted by atomic mass is 16.3. The second-order valence-corrected chi connectivity index (χ2v) is 16.3. The van der Waals surface area contributed by atoms with Gasteiger partial charge in [0.05, 0.1) is 24.4 Å². The molecule has 0 aliphatic carbocycles. The number of aliphatic hydroxyl groups excluding tert-OH is 4. The molecule has 0 aliphatic rings. The number of hydrogen-bond acceptors (Lipinski definition) is 8. The quantitative estimate of drug-likeness (QED) is 0.0267. The first-order valence-electron chi connectivity index (χ1n) is 23.2. The Balaban J connectivity index is 4.34. The minimum Gasteiger partial charge on any atom is -0.390 e. The van der Waals surface area contributed by atoms with Crippen LogP contribution in [0.2, 0.25) is 0 Å². The highest BCUT2D eigenvalue weighted by Crippen LogP contribution is 2.13. The minimum absolute atomic E-state index is 0.170. The maximum atomic E-state index is 11.0. The molecule has 8 heteroatoms. The van der Waals surface area contributed by atoms with Gasteiger partial charge in [-0.15, -0.1) is 0 Å². The van der Waals surface area contributed by atoms with E-state index in [9.17, 15) is 20.4 Å². The molecule has 0 rings (SSSR count). The predicted octanol–water partition coefficient (Wildman–Crippen LogP) is 9.03. The molecule has 8 nitrogen and oxygen atoms in total. The van der Waals surface area contributed by atoms with E-state index in [4.69, 9.17) is 11.5 Å². The van der Waals surface area contributed by atoms with E-state index in [2.05, 4.69) is 38.2 Å². The van der Waals surface area contributed by atoms with E-state index in [1.807, 2.05) is 9.80 Å². The second-order valence-electron chi connectivity index (χ2n) is 16.3. The molecule has 0 amide bonds. The summed E-state index contributed by atoms with van der Waals surface area (Å²) in [5, 5.41) is 42.6. The lowest BCUT2D eigenvalue weighted by atomic mass is 10.1. The summed E-state index contributed by atoms with van der Waals surface area (Å²) in [4.78, 5) is 4.09. The van der Waals surface area contributed by atoms with Crippen LogP contribution in [-0.2, 0) is 0 Å². The van der Waals surface area contributed by atoms with Crippen molar-refractivity contribution < 1.29 is 20.4 Å². The number of hydrogen-bond donors (Lipinski definition) is 6. The molecule has 54 heavy (non-hydrogen) atoms. The van der Waals surface area contributed by atoms with Gasteiger partial charge in [0.15, 0.2) is 0 Å². The van der Waals surface area contributed by atoms with Crippen LogP contribution in [0.5, 0.6) is 0 Å². The number of nitrogens with two attached hydrogens (primary N) is 2. The molecule has 0 aliphatic heterocycles. The average molecular weight is 767 g/mol. The highest BCUT2D eigenvalue weighted by Gasteiger charge is 2.24. The Kier molecular flexibility index (Phi) is 41.1. The summed E-state index contributed by atoms with van der Waals surface area (Å²) in [5.74, 6) is 0. The van der Waals surface area contributed by atoms with Gasteiger partial charge in [-0.25, -0.2) is 0 Å².